The molecule has 0 aliphatic heterocycles. The molecule has 1 amide bonds. The van der Waals surface area contributed by atoms with Gasteiger partial charge in [-0.3, -0.25) is 10.1 Å². The first-order valence-corrected chi connectivity index (χ1v) is 9.35. The van der Waals surface area contributed by atoms with Crippen molar-refractivity contribution >= 4 is 33.7 Å². The van der Waals surface area contributed by atoms with Gasteiger partial charge in [-0.15, -0.1) is 0 Å². The second-order valence-electron chi connectivity index (χ2n) is 5.87. The van der Waals surface area contributed by atoms with Crippen molar-refractivity contribution in [1.82, 2.24) is 0 Å². The van der Waals surface area contributed by atoms with E-state index < -0.39 is 11.9 Å². The molecule has 29 heavy (non-hydrogen) atoms. The molecule has 0 saturated heterocycles. The van der Waals surface area contributed by atoms with E-state index in [1.807, 2.05) is 30.3 Å². The SMILES string of the molecule is COC(=O)c1ccc(NC(=O)c2cc(Br)c(OCc3ccccc3)c(OC)c2)o1. The Morgan fingerprint density at radius 1 is 1.07 bits per heavy atom. The largest absolute Gasteiger partial charge is 0.493 e. The van der Waals surface area contributed by atoms with Crippen LogP contribution in [0.15, 0.2) is 63.5 Å². The van der Waals surface area contributed by atoms with Gasteiger partial charge in [-0.05, 0) is 39.7 Å². The second kappa shape index (κ2) is 9.29. The Labute approximate surface area is 175 Å². The highest BCUT2D eigenvalue weighted by Crippen LogP contribution is 2.37. The summed E-state index contributed by atoms with van der Waals surface area (Å²) in [6.07, 6.45) is 0. The van der Waals surface area contributed by atoms with Crippen molar-refractivity contribution in [3.8, 4) is 11.5 Å². The van der Waals surface area contributed by atoms with Crippen LogP contribution < -0.4 is 14.8 Å². The normalized spacial score (nSPS) is 10.3. The minimum Gasteiger partial charge on any atom is -0.493 e. The van der Waals surface area contributed by atoms with Crippen molar-refractivity contribution in [3.05, 3.63) is 76.0 Å². The van der Waals surface area contributed by atoms with E-state index in [2.05, 4.69) is 26.0 Å². The number of carbonyl (C=O) groups excluding carboxylic acids is 2. The number of carbonyl (C=O) groups is 2. The van der Waals surface area contributed by atoms with Crippen LogP contribution in [0.4, 0.5) is 5.88 Å². The molecule has 2 aromatic carbocycles. The van der Waals surface area contributed by atoms with Gasteiger partial charge in [0.05, 0.1) is 18.7 Å². The Morgan fingerprint density at radius 2 is 1.83 bits per heavy atom. The zero-order chi connectivity index (χ0) is 20.8. The number of ether oxygens (including phenoxy) is 3. The van der Waals surface area contributed by atoms with Crippen LogP contribution in [0.1, 0.15) is 26.5 Å². The molecular weight excluding hydrogens is 442 g/mol. The monoisotopic (exact) mass is 459 g/mol. The Bertz CT molecular complexity index is 1020. The van der Waals surface area contributed by atoms with Crippen LogP contribution in [0.5, 0.6) is 11.5 Å². The molecule has 0 bridgehead atoms. The van der Waals surface area contributed by atoms with E-state index in [-0.39, 0.29) is 11.6 Å². The summed E-state index contributed by atoms with van der Waals surface area (Å²) in [5.74, 6) is -0.0747. The van der Waals surface area contributed by atoms with E-state index in [1.54, 1.807) is 12.1 Å². The average Bonchev–Trinajstić information content (AvgIpc) is 3.20. The topological polar surface area (TPSA) is 87.0 Å². The van der Waals surface area contributed by atoms with Gasteiger partial charge in [0.1, 0.15) is 6.61 Å². The van der Waals surface area contributed by atoms with Crippen molar-refractivity contribution in [2.75, 3.05) is 19.5 Å². The molecule has 0 atom stereocenters. The molecule has 7 nitrogen and oxygen atoms in total. The van der Waals surface area contributed by atoms with Gasteiger partial charge in [-0.1, -0.05) is 30.3 Å². The van der Waals surface area contributed by atoms with Crippen LogP contribution in [-0.2, 0) is 11.3 Å². The maximum Gasteiger partial charge on any atom is 0.374 e. The minimum atomic E-state index is -0.630. The smallest absolute Gasteiger partial charge is 0.374 e. The van der Waals surface area contributed by atoms with Crippen LogP contribution in [0.25, 0.3) is 0 Å². The maximum atomic E-state index is 12.6. The first-order chi connectivity index (χ1) is 14.0. The molecule has 1 aromatic heterocycles. The summed E-state index contributed by atoms with van der Waals surface area (Å²) >= 11 is 3.43. The lowest BCUT2D eigenvalue weighted by atomic mass is 10.2. The van der Waals surface area contributed by atoms with Gasteiger partial charge in [-0.25, -0.2) is 4.79 Å². The van der Waals surface area contributed by atoms with Crippen LogP contribution in [0.3, 0.4) is 0 Å². The van der Waals surface area contributed by atoms with E-state index in [0.29, 0.717) is 28.1 Å². The second-order valence-corrected chi connectivity index (χ2v) is 6.73. The molecule has 0 saturated carbocycles. The van der Waals surface area contributed by atoms with Gasteiger partial charge in [-0.2, -0.15) is 0 Å². The first kappa shape index (κ1) is 20.5. The standard InChI is InChI=1S/C21H18BrNO6/c1-26-17-11-14(20(24)23-18-9-8-16(29-18)21(25)27-2)10-15(22)19(17)28-12-13-6-4-3-5-7-13/h3-11H,12H2,1-2H3,(H,23,24). The third-order valence-corrected chi connectivity index (χ3v) is 4.54. The lowest BCUT2D eigenvalue weighted by Crippen LogP contribution is -2.12. The molecule has 8 heteroatoms. The number of hydrogen-bond acceptors (Lipinski definition) is 6. The van der Waals surface area contributed by atoms with Crippen molar-refractivity contribution < 1.29 is 28.2 Å². The molecule has 0 unspecified atom stereocenters. The predicted molar refractivity (Wildman–Crippen MR) is 109 cm³/mol. The lowest BCUT2D eigenvalue weighted by Gasteiger charge is -2.14. The predicted octanol–water partition coefficient (Wildman–Crippen LogP) is 4.67. The van der Waals surface area contributed by atoms with Crippen molar-refractivity contribution in [1.29, 1.82) is 0 Å². The third-order valence-electron chi connectivity index (χ3n) is 3.95. The Kier molecular flexibility index (Phi) is 6.56. The van der Waals surface area contributed by atoms with Crippen molar-refractivity contribution in [3.63, 3.8) is 0 Å². The molecule has 3 aromatic rings. The number of nitrogens with one attached hydrogen (secondary N) is 1. The quantitative estimate of drug-likeness (QED) is 0.516. The van der Waals surface area contributed by atoms with Gasteiger partial charge in [0.2, 0.25) is 11.6 Å². The van der Waals surface area contributed by atoms with Crippen LogP contribution in [-0.4, -0.2) is 26.1 Å². The summed E-state index contributed by atoms with van der Waals surface area (Å²) in [6.45, 7) is 0.351. The van der Waals surface area contributed by atoms with Crippen LogP contribution in [0, 0.1) is 0 Å². The van der Waals surface area contributed by atoms with Gasteiger partial charge >= 0.3 is 5.97 Å². The highest BCUT2D eigenvalue weighted by molar-refractivity contribution is 9.10. The molecule has 150 valence electrons. The van der Waals surface area contributed by atoms with E-state index >= 15 is 0 Å². The molecule has 1 heterocycles. The summed E-state index contributed by atoms with van der Waals surface area (Å²) in [5, 5.41) is 2.58. The van der Waals surface area contributed by atoms with Gasteiger partial charge in [0.15, 0.2) is 11.5 Å². The summed E-state index contributed by atoms with van der Waals surface area (Å²) in [4.78, 5) is 24.0. The number of furan rings is 1. The molecule has 0 spiro atoms. The molecule has 0 aliphatic carbocycles. The Balaban J connectivity index is 1.76. The van der Waals surface area contributed by atoms with Gasteiger partial charge < -0.3 is 18.6 Å². The molecule has 1 N–H and O–H groups in total. The van der Waals surface area contributed by atoms with E-state index in [9.17, 15) is 9.59 Å². The summed E-state index contributed by atoms with van der Waals surface area (Å²) in [6, 6.07) is 15.7. The number of esters is 1. The van der Waals surface area contributed by atoms with E-state index in [0.717, 1.165) is 5.56 Å². The van der Waals surface area contributed by atoms with E-state index in [1.165, 1.54) is 26.4 Å². The van der Waals surface area contributed by atoms with Crippen molar-refractivity contribution in [2.24, 2.45) is 0 Å². The zero-order valence-electron chi connectivity index (χ0n) is 15.7. The van der Waals surface area contributed by atoms with Crippen LogP contribution in [0.2, 0.25) is 0 Å². The van der Waals surface area contributed by atoms with Gasteiger partial charge in [0, 0.05) is 11.6 Å². The number of anilines is 1. The number of rotatable bonds is 7. The lowest BCUT2D eigenvalue weighted by molar-refractivity contribution is 0.0565. The number of hydrogen-bond donors (Lipinski definition) is 1. The molecular formula is C21H18BrNO6. The summed E-state index contributed by atoms with van der Waals surface area (Å²) < 4.78 is 21.6. The minimum absolute atomic E-state index is 0.00813. The molecule has 0 aliphatic rings. The summed E-state index contributed by atoms with van der Waals surface area (Å²) in [7, 11) is 2.74. The number of benzene rings is 2. The molecule has 0 radical (unpaired) electrons. The Morgan fingerprint density at radius 3 is 2.52 bits per heavy atom. The zero-order valence-corrected chi connectivity index (χ0v) is 17.3. The fourth-order valence-corrected chi connectivity index (χ4v) is 3.08. The molecule has 3 rings (SSSR count). The Hall–Kier alpha value is -3.26. The van der Waals surface area contributed by atoms with Crippen LogP contribution >= 0.6 is 15.9 Å². The third kappa shape index (κ3) is 4.97. The van der Waals surface area contributed by atoms with Crippen molar-refractivity contribution in [2.45, 2.75) is 6.61 Å². The first-order valence-electron chi connectivity index (χ1n) is 8.55. The fraction of sp³-hybridized carbons (Fsp3) is 0.143. The maximum absolute atomic E-state index is 12.6. The molecule has 0 fully saturated rings. The average molecular weight is 460 g/mol. The number of amides is 1. The number of halogens is 1. The number of methoxy groups -OCH3 is 2. The highest BCUT2D eigenvalue weighted by atomic mass is 79.9. The van der Waals surface area contributed by atoms with Gasteiger partial charge in [0.25, 0.3) is 5.91 Å². The fourth-order valence-electron chi connectivity index (χ4n) is 2.52. The van der Waals surface area contributed by atoms with E-state index in [4.69, 9.17) is 13.9 Å². The highest BCUT2D eigenvalue weighted by Gasteiger charge is 2.18. The summed E-state index contributed by atoms with van der Waals surface area (Å²) in [5.41, 5.74) is 1.32.